The van der Waals surface area contributed by atoms with Crippen molar-refractivity contribution in [2.45, 2.75) is 64.0 Å². The van der Waals surface area contributed by atoms with Crippen molar-refractivity contribution in [1.29, 1.82) is 0 Å². The molecule has 0 aromatic rings. The van der Waals surface area contributed by atoms with E-state index in [0.717, 1.165) is 17.9 Å². The summed E-state index contributed by atoms with van der Waals surface area (Å²) in [5.41, 5.74) is 0.504. The summed E-state index contributed by atoms with van der Waals surface area (Å²) >= 11 is 0. The van der Waals surface area contributed by atoms with Gasteiger partial charge in [0.25, 0.3) is 0 Å². The molecule has 0 aromatic carbocycles. The fraction of sp³-hybridized carbons (Fsp3) is 1.00. The first-order valence-corrected chi connectivity index (χ1v) is 7.69. The van der Waals surface area contributed by atoms with Crippen LogP contribution in [0.5, 0.6) is 0 Å². The van der Waals surface area contributed by atoms with Crippen LogP contribution in [0.4, 0.5) is 0 Å². The van der Waals surface area contributed by atoms with Crippen LogP contribution in [0.1, 0.15) is 52.4 Å². The van der Waals surface area contributed by atoms with Gasteiger partial charge >= 0.3 is 0 Å². The van der Waals surface area contributed by atoms with Crippen molar-refractivity contribution in [3.05, 3.63) is 0 Å². The number of hydrogen-bond donors (Lipinski definition) is 1. The average Bonchev–Trinajstić information content (AvgIpc) is 2.89. The summed E-state index contributed by atoms with van der Waals surface area (Å²) in [6.45, 7) is 8.75. The highest BCUT2D eigenvalue weighted by atomic mass is 15.3. The van der Waals surface area contributed by atoms with E-state index in [1.165, 1.54) is 58.2 Å². The van der Waals surface area contributed by atoms with Crippen LogP contribution in [0.25, 0.3) is 0 Å². The summed E-state index contributed by atoms with van der Waals surface area (Å²) in [7, 11) is 0. The van der Waals surface area contributed by atoms with E-state index >= 15 is 0 Å². The first-order chi connectivity index (χ1) is 8.20. The second-order valence-electron chi connectivity index (χ2n) is 6.87. The first-order valence-electron chi connectivity index (χ1n) is 7.69. The highest BCUT2D eigenvalue weighted by Gasteiger charge is 2.42. The average molecular weight is 236 g/mol. The third-order valence-electron chi connectivity index (χ3n) is 5.86. The summed E-state index contributed by atoms with van der Waals surface area (Å²) in [5.74, 6) is 1.85. The maximum atomic E-state index is 3.83. The molecule has 3 rings (SSSR count). The fourth-order valence-corrected chi connectivity index (χ4v) is 4.51. The molecule has 2 aliphatic carbocycles. The smallest absolute Gasteiger partial charge is 0.0309 e. The Morgan fingerprint density at radius 2 is 1.88 bits per heavy atom. The molecule has 0 bridgehead atoms. The highest BCUT2D eigenvalue weighted by Crippen LogP contribution is 2.38. The maximum absolute atomic E-state index is 3.83. The first kappa shape index (κ1) is 12.0. The molecule has 2 saturated carbocycles. The van der Waals surface area contributed by atoms with Gasteiger partial charge in [-0.05, 0) is 37.5 Å². The molecule has 1 aliphatic heterocycles. The molecular weight excluding hydrogens is 208 g/mol. The second kappa shape index (κ2) is 4.55. The van der Waals surface area contributed by atoms with E-state index in [1.54, 1.807) is 0 Å². The van der Waals surface area contributed by atoms with Crippen LogP contribution in [0.15, 0.2) is 0 Å². The van der Waals surface area contributed by atoms with Crippen molar-refractivity contribution in [2.24, 2.45) is 11.8 Å². The molecule has 0 amide bonds. The maximum Gasteiger partial charge on any atom is 0.0309 e. The number of nitrogens with zero attached hydrogens (tertiary/aromatic N) is 1. The number of piperazine rings is 1. The summed E-state index contributed by atoms with van der Waals surface area (Å²) in [4.78, 5) is 2.83. The Morgan fingerprint density at radius 1 is 1.12 bits per heavy atom. The Morgan fingerprint density at radius 3 is 2.53 bits per heavy atom. The zero-order valence-corrected chi connectivity index (χ0v) is 11.5. The molecule has 3 fully saturated rings. The van der Waals surface area contributed by atoms with Crippen LogP contribution in [0.3, 0.4) is 0 Å². The minimum absolute atomic E-state index is 0.504. The molecule has 3 atom stereocenters. The Labute approximate surface area is 106 Å². The molecule has 1 N–H and O–H groups in total. The van der Waals surface area contributed by atoms with Crippen molar-refractivity contribution in [2.75, 3.05) is 19.6 Å². The van der Waals surface area contributed by atoms with Crippen molar-refractivity contribution < 1.29 is 0 Å². The van der Waals surface area contributed by atoms with E-state index in [9.17, 15) is 0 Å². The molecular formula is C15H28N2. The quantitative estimate of drug-likeness (QED) is 0.753. The van der Waals surface area contributed by atoms with Gasteiger partial charge in [0.2, 0.25) is 0 Å². The predicted octanol–water partition coefficient (Wildman–Crippen LogP) is 2.64. The highest BCUT2D eigenvalue weighted by molar-refractivity contribution is 5.01. The van der Waals surface area contributed by atoms with Gasteiger partial charge in [-0.3, -0.25) is 4.90 Å². The van der Waals surface area contributed by atoms with Gasteiger partial charge in [-0.25, -0.2) is 0 Å². The van der Waals surface area contributed by atoms with Gasteiger partial charge in [0.05, 0.1) is 0 Å². The van der Waals surface area contributed by atoms with E-state index in [2.05, 4.69) is 24.1 Å². The van der Waals surface area contributed by atoms with Gasteiger partial charge < -0.3 is 5.32 Å². The second-order valence-corrected chi connectivity index (χ2v) is 6.87. The molecule has 98 valence electrons. The topological polar surface area (TPSA) is 15.3 Å². The Hall–Kier alpha value is -0.0800. The standard InChI is InChI=1S/C15H28N2/c1-12-5-6-14(13(12)2)17-10-9-16-15(11-17)7-3-4-8-15/h12-14,16H,3-11H2,1-2H3. The van der Waals surface area contributed by atoms with Gasteiger partial charge in [-0.15, -0.1) is 0 Å². The zero-order valence-electron chi connectivity index (χ0n) is 11.5. The SMILES string of the molecule is CC1CCC(N2CCNC3(CCCC3)C2)C1C. The van der Waals surface area contributed by atoms with Crippen LogP contribution in [-0.2, 0) is 0 Å². The van der Waals surface area contributed by atoms with E-state index in [-0.39, 0.29) is 0 Å². The van der Waals surface area contributed by atoms with Crippen LogP contribution in [0.2, 0.25) is 0 Å². The molecule has 0 aromatic heterocycles. The molecule has 3 unspecified atom stereocenters. The number of nitrogens with one attached hydrogen (secondary N) is 1. The van der Waals surface area contributed by atoms with Crippen LogP contribution < -0.4 is 5.32 Å². The molecule has 1 saturated heterocycles. The summed E-state index contributed by atoms with van der Waals surface area (Å²) in [6, 6.07) is 0.879. The van der Waals surface area contributed by atoms with Crippen molar-refractivity contribution >= 4 is 0 Å². The van der Waals surface area contributed by atoms with Crippen LogP contribution in [-0.4, -0.2) is 36.1 Å². The van der Waals surface area contributed by atoms with Gasteiger partial charge in [-0.2, -0.15) is 0 Å². The minimum atomic E-state index is 0.504. The lowest BCUT2D eigenvalue weighted by Gasteiger charge is -2.45. The summed E-state index contributed by atoms with van der Waals surface area (Å²) < 4.78 is 0. The molecule has 2 nitrogen and oxygen atoms in total. The minimum Gasteiger partial charge on any atom is -0.309 e. The van der Waals surface area contributed by atoms with Gasteiger partial charge in [0.15, 0.2) is 0 Å². The number of hydrogen-bond acceptors (Lipinski definition) is 2. The third kappa shape index (κ3) is 2.15. The van der Waals surface area contributed by atoms with Crippen molar-refractivity contribution in [1.82, 2.24) is 10.2 Å². The number of rotatable bonds is 1. The molecule has 2 heteroatoms. The monoisotopic (exact) mass is 236 g/mol. The molecule has 1 spiro atoms. The van der Waals surface area contributed by atoms with Crippen molar-refractivity contribution in [3.63, 3.8) is 0 Å². The van der Waals surface area contributed by atoms with E-state index in [4.69, 9.17) is 0 Å². The Balaban J connectivity index is 1.67. The Kier molecular flexibility index (Phi) is 3.20. The fourth-order valence-electron chi connectivity index (χ4n) is 4.51. The molecule has 17 heavy (non-hydrogen) atoms. The molecule has 0 radical (unpaired) electrons. The predicted molar refractivity (Wildman–Crippen MR) is 72.1 cm³/mol. The van der Waals surface area contributed by atoms with E-state index in [0.29, 0.717) is 5.54 Å². The largest absolute Gasteiger partial charge is 0.309 e. The normalized spacial score (nSPS) is 42.4. The van der Waals surface area contributed by atoms with Gasteiger partial charge in [0.1, 0.15) is 0 Å². The van der Waals surface area contributed by atoms with Crippen LogP contribution in [0, 0.1) is 11.8 Å². The van der Waals surface area contributed by atoms with E-state index in [1.807, 2.05) is 0 Å². The lowest BCUT2D eigenvalue weighted by molar-refractivity contribution is 0.0751. The lowest BCUT2D eigenvalue weighted by atomic mass is 9.91. The van der Waals surface area contributed by atoms with Crippen molar-refractivity contribution in [3.8, 4) is 0 Å². The third-order valence-corrected chi connectivity index (χ3v) is 5.86. The van der Waals surface area contributed by atoms with Gasteiger partial charge in [-0.1, -0.05) is 26.7 Å². The molecule has 3 aliphatic rings. The summed E-state index contributed by atoms with van der Waals surface area (Å²) in [6.07, 6.45) is 8.61. The van der Waals surface area contributed by atoms with E-state index < -0.39 is 0 Å². The molecule has 1 heterocycles. The Bertz CT molecular complexity index is 270. The van der Waals surface area contributed by atoms with Gasteiger partial charge in [0, 0.05) is 31.2 Å². The summed E-state index contributed by atoms with van der Waals surface area (Å²) in [5, 5.41) is 3.83. The van der Waals surface area contributed by atoms with Crippen LogP contribution >= 0.6 is 0 Å². The zero-order chi connectivity index (χ0) is 11.9. The lowest BCUT2D eigenvalue weighted by Crippen LogP contribution is -2.61.